The van der Waals surface area contributed by atoms with Crippen LogP contribution in [0.1, 0.15) is 16.7 Å². The number of aryl methyl sites for hydroxylation is 1. The molecule has 0 amide bonds. The third-order valence-electron chi connectivity index (χ3n) is 2.84. The summed E-state index contributed by atoms with van der Waals surface area (Å²) in [4.78, 5) is 2.75. The Morgan fingerprint density at radius 2 is 2.33 bits per heavy atom. The lowest BCUT2D eigenvalue weighted by molar-refractivity contribution is 0.240. The van der Waals surface area contributed by atoms with Gasteiger partial charge in [-0.25, -0.2) is 0 Å². The second kappa shape index (κ2) is 3.83. The molecule has 0 radical (unpaired) electrons. The molecule has 2 rings (SSSR count). The predicted molar refractivity (Wildman–Crippen MR) is 58.0 cm³/mol. The standard InChI is InChI=1S/C11H13N3O/c1-7-3-4-9-5-10(6-13-14-12)15-11(9)8(7)2/h3-4,10H,5-6H2,1-2H3/t10-/m1/s1. The van der Waals surface area contributed by atoms with Gasteiger partial charge in [0, 0.05) is 11.3 Å². The average molecular weight is 203 g/mol. The summed E-state index contributed by atoms with van der Waals surface area (Å²) in [6.07, 6.45) is 0.853. The molecule has 0 saturated heterocycles. The maximum absolute atomic E-state index is 8.25. The molecule has 0 spiro atoms. The Bertz CT molecular complexity index is 436. The van der Waals surface area contributed by atoms with Gasteiger partial charge in [0.15, 0.2) is 0 Å². The maximum atomic E-state index is 8.25. The van der Waals surface area contributed by atoms with Crippen molar-refractivity contribution in [1.29, 1.82) is 0 Å². The first kappa shape index (κ1) is 9.87. The van der Waals surface area contributed by atoms with E-state index in [1.807, 2.05) is 0 Å². The zero-order valence-corrected chi connectivity index (χ0v) is 8.90. The van der Waals surface area contributed by atoms with Crippen molar-refractivity contribution in [2.75, 3.05) is 6.54 Å². The average Bonchev–Trinajstić information content (AvgIpc) is 2.64. The second-order valence-electron chi connectivity index (χ2n) is 3.85. The molecule has 78 valence electrons. The van der Waals surface area contributed by atoms with Crippen LogP contribution in [0.25, 0.3) is 10.4 Å². The van der Waals surface area contributed by atoms with Crippen LogP contribution in [-0.4, -0.2) is 12.6 Å². The summed E-state index contributed by atoms with van der Waals surface area (Å²) in [6, 6.07) is 4.20. The van der Waals surface area contributed by atoms with E-state index in [1.165, 1.54) is 16.7 Å². The molecule has 0 aliphatic carbocycles. The highest BCUT2D eigenvalue weighted by molar-refractivity contribution is 5.47. The van der Waals surface area contributed by atoms with E-state index < -0.39 is 0 Å². The molecule has 4 nitrogen and oxygen atoms in total. The summed E-state index contributed by atoms with van der Waals surface area (Å²) in [5.41, 5.74) is 11.9. The molecule has 1 aliphatic rings. The van der Waals surface area contributed by atoms with Gasteiger partial charge in [-0.2, -0.15) is 0 Å². The third kappa shape index (κ3) is 1.76. The molecule has 0 saturated carbocycles. The molecular weight excluding hydrogens is 190 g/mol. The van der Waals surface area contributed by atoms with Crippen molar-refractivity contribution in [3.63, 3.8) is 0 Å². The fraction of sp³-hybridized carbons (Fsp3) is 0.455. The van der Waals surface area contributed by atoms with Crippen LogP contribution in [0.15, 0.2) is 17.2 Å². The molecule has 0 bridgehead atoms. The van der Waals surface area contributed by atoms with Gasteiger partial charge in [0.1, 0.15) is 11.9 Å². The molecule has 15 heavy (non-hydrogen) atoms. The Labute approximate surface area is 88.5 Å². The minimum Gasteiger partial charge on any atom is -0.489 e. The van der Waals surface area contributed by atoms with Crippen LogP contribution in [0.4, 0.5) is 0 Å². The first-order valence-corrected chi connectivity index (χ1v) is 4.99. The van der Waals surface area contributed by atoms with Gasteiger partial charge in [-0.15, -0.1) is 0 Å². The molecule has 0 aromatic heterocycles. The van der Waals surface area contributed by atoms with Gasteiger partial charge in [0.25, 0.3) is 0 Å². The lowest BCUT2D eigenvalue weighted by atomic mass is 10.0. The zero-order chi connectivity index (χ0) is 10.8. The molecule has 1 heterocycles. The van der Waals surface area contributed by atoms with E-state index in [2.05, 4.69) is 36.0 Å². The van der Waals surface area contributed by atoms with E-state index in [9.17, 15) is 0 Å². The van der Waals surface area contributed by atoms with E-state index in [4.69, 9.17) is 10.3 Å². The lowest BCUT2D eigenvalue weighted by Crippen LogP contribution is -2.16. The molecule has 1 atom stereocenters. The van der Waals surface area contributed by atoms with Gasteiger partial charge in [0.2, 0.25) is 0 Å². The minimum absolute atomic E-state index is 0.0106. The van der Waals surface area contributed by atoms with E-state index in [0.29, 0.717) is 6.54 Å². The van der Waals surface area contributed by atoms with E-state index in [1.54, 1.807) is 0 Å². The molecule has 1 aromatic carbocycles. The highest BCUT2D eigenvalue weighted by Gasteiger charge is 2.24. The van der Waals surface area contributed by atoms with E-state index in [-0.39, 0.29) is 6.10 Å². The summed E-state index contributed by atoms with van der Waals surface area (Å²) < 4.78 is 5.76. The van der Waals surface area contributed by atoms with Gasteiger partial charge in [-0.3, -0.25) is 0 Å². The number of hydrogen-bond acceptors (Lipinski definition) is 2. The van der Waals surface area contributed by atoms with Crippen LogP contribution in [-0.2, 0) is 6.42 Å². The number of ether oxygens (including phenoxy) is 1. The highest BCUT2D eigenvalue weighted by atomic mass is 16.5. The van der Waals surface area contributed by atoms with Crippen LogP contribution >= 0.6 is 0 Å². The number of nitrogens with zero attached hydrogens (tertiary/aromatic N) is 3. The van der Waals surface area contributed by atoms with Gasteiger partial charge < -0.3 is 4.74 Å². The number of azide groups is 1. The molecule has 0 N–H and O–H groups in total. The third-order valence-corrected chi connectivity index (χ3v) is 2.84. The number of benzene rings is 1. The number of fused-ring (bicyclic) bond motifs is 1. The largest absolute Gasteiger partial charge is 0.489 e. The minimum atomic E-state index is 0.0106. The summed E-state index contributed by atoms with van der Waals surface area (Å²) in [5.74, 6) is 0.980. The van der Waals surface area contributed by atoms with Crippen molar-refractivity contribution in [3.8, 4) is 5.75 Å². The Hall–Kier alpha value is -1.67. The molecule has 0 unspecified atom stereocenters. The maximum Gasteiger partial charge on any atom is 0.126 e. The molecule has 1 aliphatic heterocycles. The topological polar surface area (TPSA) is 58.0 Å². The molecule has 4 heteroatoms. The van der Waals surface area contributed by atoms with E-state index in [0.717, 1.165) is 12.2 Å². The van der Waals surface area contributed by atoms with Crippen LogP contribution in [0.5, 0.6) is 5.75 Å². The van der Waals surface area contributed by atoms with Crippen LogP contribution in [0.3, 0.4) is 0 Å². The smallest absolute Gasteiger partial charge is 0.126 e. The number of hydrogen-bond donors (Lipinski definition) is 0. The summed E-state index contributed by atoms with van der Waals surface area (Å²) >= 11 is 0. The summed E-state index contributed by atoms with van der Waals surface area (Å²) in [7, 11) is 0. The molecular formula is C11H13N3O. The normalized spacial score (nSPS) is 17.9. The Morgan fingerprint density at radius 1 is 1.53 bits per heavy atom. The summed E-state index contributed by atoms with van der Waals surface area (Å²) in [5, 5.41) is 3.54. The highest BCUT2D eigenvalue weighted by Crippen LogP contribution is 2.33. The zero-order valence-electron chi connectivity index (χ0n) is 8.90. The monoisotopic (exact) mass is 203 g/mol. The van der Waals surface area contributed by atoms with E-state index >= 15 is 0 Å². The lowest BCUT2D eigenvalue weighted by Gasteiger charge is -2.09. The van der Waals surface area contributed by atoms with Crippen molar-refractivity contribution in [1.82, 2.24) is 0 Å². The van der Waals surface area contributed by atoms with Gasteiger partial charge in [-0.1, -0.05) is 17.2 Å². The molecule has 0 fully saturated rings. The quantitative estimate of drug-likeness (QED) is 0.414. The van der Waals surface area contributed by atoms with Crippen molar-refractivity contribution in [3.05, 3.63) is 39.3 Å². The van der Waals surface area contributed by atoms with Crippen LogP contribution in [0.2, 0.25) is 0 Å². The van der Waals surface area contributed by atoms with Crippen molar-refractivity contribution >= 4 is 0 Å². The Kier molecular flexibility index (Phi) is 2.52. The SMILES string of the molecule is Cc1ccc2c(c1C)O[C@@H](CN=[N+]=[N-])C2. The van der Waals surface area contributed by atoms with Crippen molar-refractivity contribution < 1.29 is 4.74 Å². The number of rotatable bonds is 2. The van der Waals surface area contributed by atoms with Crippen molar-refractivity contribution in [2.45, 2.75) is 26.4 Å². The van der Waals surface area contributed by atoms with Gasteiger partial charge >= 0.3 is 0 Å². The van der Waals surface area contributed by atoms with Gasteiger partial charge in [0.05, 0.1) is 6.54 Å². The Morgan fingerprint density at radius 3 is 3.07 bits per heavy atom. The fourth-order valence-electron chi connectivity index (χ4n) is 1.85. The first-order valence-electron chi connectivity index (χ1n) is 4.99. The van der Waals surface area contributed by atoms with Gasteiger partial charge in [-0.05, 0) is 36.1 Å². The molecule has 1 aromatic rings. The Balaban J connectivity index is 2.23. The second-order valence-corrected chi connectivity index (χ2v) is 3.85. The van der Waals surface area contributed by atoms with Crippen molar-refractivity contribution in [2.24, 2.45) is 5.11 Å². The predicted octanol–water partition coefficient (Wildman–Crippen LogP) is 2.92. The van der Waals surface area contributed by atoms with Crippen LogP contribution in [0, 0.1) is 13.8 Å². The fourth-order valence-corrected chi connectivity index (χ4v) is 1.85. The summed E-state index contributed by atoms with van der Waals surface area (Å²) in [6.45, 7) is 4.54. The van der Waals surface area contributed by atoms with Crippen LogP contribution < -0.4 is 4.74 Å². The first-order chi connectivity index (χ1) is 7.22.